The minimum atomic E-state index is -1.18. The number of aromatic nitrogens is 10. The first-order valence-electron chi connectivity index (χ1n) is 14.3. The lowest BCUT2D eigenvalue weighted by Crippen LogP contribution is -2.01. The zero-order valence-electron chi connectivity index (χ0n) is 25.4. The number of carboxylic acids is 2. The van der Waals surface area contributed by atoms with Crippen LogP contribution in [0.15, 0.2) is 39.0 Å². The molecule has 5 aromatic heterocycles. The molecule has 5 heterocycles. The van der Waals surface area contributed by atoms with Crippen LogP contribution >= 0.6 is 11.3 Å². The van der Waals surface area contributed by atoms with Crippen LogP contribution in [0, 0.1) is 0 Å². The number of aryl methyl sites for hydroxylation is 4. The Morgan fingerprint density at radius 2 is 1.39 bits per heavy atom. The minimum absolute atomic E-state index is 0.0624. The summed E-state index contributed by atoms with van der Waals surface area (Å²) >= 11 is 1.16. The van der Waals surface area contributed by atoms with Gasteiger partial charge < -0.3 is 15.9 Å². The smallest absolute Gasteiger partial charge is 0.341 e. The van der Waals surface area contributed by atoms with E-state index in [0.29, 0.717) is 45.9 Å². The van der Waals surface area contributed by atoms with Crippen LogP contribution in [0.4, 0.5) is 28.8 Å². The predicted molar refractivity (Wildman–Crippen MR) is 164 cm³/mol. The maximum atomic E-state index is 11.6. The van der Waals surface area contributed by atoms with Gasteiger partial charge in [-0.1, -0.05) is 38.0 Å². The number of carboxylic acid groups (broad SMARTS) is 2. The minimum Gasteiger partial charge on any atom is -0.477 e. The fourth-order valence-corrected chi connectivity index (χ4v) is 5.07. The maximum Gasteiger partial charge on any atom is 0.341 e. The number of azo groups is 2. The van der Waals surface area contributed by atoms with E-state index in [4.69, 9.17) is 5.73 Å². The average Bonchev–Trinajstić information content (AvgIpc) is 3.85. The Morgan fingerprint density at radius 3 is 1.98 bits per heavy atom. The Kier molecular flexibility index (Phi) is 9.35. The highest BCUT2D eigenvalue weighted by Gasteiger charge is 2.22. The fraction of sp³-hybridized carbons (Fsp3) is 0.385. The molecule has 0 spiro atoms. The Balaban J connectivity index is 1.49. The molecule has 0 aliphatic carbocycles. The normalized spacial score (nSPS) is 11.8. The molecule has 0 saturated carbocycles. The molecule has 0 unspecified atom stereocenters. The van der Waals surface area contributed by atoms with Crippen LogP contribution in [-0.2, 0) is 26.9 Å². The van der Waals surface area contributed by atoms with Crippen molar-refractivity contribution in [2.24, 2.45) is 34.6 Å². The molecule has 0 aromatic carbocycles. The summed E-state index contributed by atoms with van der Waals surface area (Å²) in [5.74, 6) is -2.02. The first-order chi connectivity index (χ1) is 22.1. The number of rotatable bonds is 14. The first-order valence-corrected chi connectivity index (χ1v) is 15.1. The highest BCUT2D eigenvalue weighted by Crippen LogP contribution is 2.34. The van der Waals surface area contributed by atoms with Gasteiger partial charge in [0.25, 0.3) is 0 Å². The number of hydrogen-bond donors (Lipinski definition) is 3. The molecule has 0 saturated heterocycles. The molecule has 0 bridgehead atoms. The van der Waals surface area contributed by atoms with E-state index in [1.807, 2.05) is 6.92 Å². The number of aromatic carboxylic acids is 2. The third-order valence-corrected chi connectivity index (χ3v) is 7.71. The Bertz CT molecular complexity index is 1940. The van der Waals surface area contributed by atoms with E-state index < -0.39 is 11.9 Å². The van der Waals surface area contributed by atoms with E-state index in [9.17, 15) is 19.8 Å². The number of carbonyl (C=O) groups is 2. The molecular formula is C26H31N15O4S. The van der Waals surface area contributed by atoms with E-state index in [0.717, 1.165) is 37.0 Å². The lowest BCUT2D eigenvalue weighted by Gasteiger charge is -1.98. The SMILES string of the molecule is CCCCc1nn(-c2nnc(-n3nc(CCCC)c(/N=N/c4c(C(=O)O)cnn4C)c3N)s2)cc1/N=N/c1c(C(=O)O)cnn1C. The van der Waals surface area contributed by atoms with E-state index in [1.54, 1.807) is 20.3 Å². The van der Waals surface area contributed by atoms with E-state index >= 15 is 0 Å². The molecule has 20 heteroatoms. The van der Waals surface area contributed by atoms with E-state index in [-0.39, 0.29) is 28.6 Å². The van der Waals surface area contributed by atoms with Crippen LogP contribution in [-0.4, -0.2) is 71.5 Å². The zero-order chi connectivity index (χ0) is 33.0. The van der Waals surface area contributed by atoms with Gasteiger partial charge in [-0.15, -0.1) is 30.7 Å². The van der Waals surface area contributed by atoms with Gasteiger partial charge in [0, 0.05) is 14.1 Å². The molecule has 46 heavy (non-hydrogen) atoms. The summed E-state index contributed by atoms with van der Waals surface area (Å²) in [5, 5.41) is 62.4. The van der Waals surface area contributed by atoms with Crippen LogP contribution in [0.2, 0.25) is 0 Å². The number of unbranched alkanes of at least 4 members (excludes halogenated alkanes) is 2. The molecule has 4 N–H and O–H groups in total. The van der Waals surface area contributed by atoms with Crippen molar-refractivity contribution >= 4 is 52.1 Å². The summed E-state index contributed by atoms with van der Waals surface area (Å²) < 4.78 is 5.58. The van der Waals surface area contributed by atoms with Crippen molar-refractivity contribution in [2.75, 3.05) is 5.73 Å². The van der Waals surface area contributed by atoms with Gasteiger partial charge in [-0.2, -0.15) is 25.1 Å². The van der Waals surface area contributed by atoms with Gasteiger partial charge in [-0.25, -0.2) is 23.6 Å². The molecule has 5 rings (SSSR count). The number of hydrogen-bond acceptors (Lipinski definition) is 14. The van der Waals surface area contributed by atoms with Gasteiger partial charge in [0.2, 0.25) is 10.3 Å². The largest absolute Gasteiger partial charge is 0.477 e. The van der Waals surface area contributed by atoms with Gasteiger partial charge in [-0.05, 0) is 25.7 Å². The monoisotopic (exact) mass is 649 g/mol. The zero-order valence-corrected chi connectivity index (χ0v) is 26.2. The van der Waals surface area contributed by atoms with Crippen LogP contribution in [0.5, 0.6) is 0 Å². The van der Waals surface area contributed by atoms with Gasteiger partial charge in [0.05, 0.1) is 30.0 Å². The highest BCUT2D eigenvalue weighted by molar-refractivity contribution is 7.16. The van der Waals surface area contributed by atoms with E-state index in [1.165, 1.54) is 31.1 Å². The van der Waals surface area contributed by atoms with Crippen LogP contribution < -0.4 is 5.73 Å². The molecule has 5 aromatic rings. The lowest BCUT2D eigenvalue weighted by atomic mass is 10.2. The molecule has 19 nitrogen and oxygen atoms in total. The number of anilines is 1. The third kappa shape index (κ3) is 6.41. The summed E-state index contributed by atoms with van der Waals surface area (Å²) in [7, 11) is 3.15. The summed E-state index contributed by atoms with van der Waals surface area (Å²) in [6.45, 7) is 4.10. The van der Waals surface area contributed by atoms with Crippen LogP contribution in [0.3, 0.4) is 0 Å². The molecule has 0 aliphatic heterocycles. The molecule has 0 amide bonds. The predicted octanol–water partition coefficient (Wildman–Crippen LogP) is 4.87. The van der Waals surface area contributed by atoms with Crippen molar-refractivity contribution in [3.8, 4) is 10.3 Å². The molecule has 0 radical (unpaired) electrons. The third-order valence-electron chi connectivity index (χ3n) is 6.82. The van der Waals surface area contributed by atoms with Crippen molar-refractivity contribution < 1.29 is 19.8 Å². The second-order valence-corrected chi connectivity index (χ2v) is 11.0. The Morgan fingerprint density at radius 1 is 0.826 bits per heavy atom. The average molecular weight is 650 g/mol. The quantitative estimate of drug-likeness (QED) is 0.137. The number of nitrogen functional groups attached to an aromatic ring is 1. The highest BCUT2D eigenvalue weighted by atomic mass is 32.1. The van der Waals surface area contributed by atoms with E-state index in [2.05, 4.69) is 58.0 Å². The molecule has 0 atom stereocenters. The standard InChI is InChI=1S/C26H31N15O4S/c1-5-7-9-16-18(30-32-21-14(23(42)43)11-28-38(21)3)13-40(36-16)25-34-35-26(46-25)41-20(27)19(17(37-41)10-8-6-2)31-33-22-15(24(44)45)12-29-39(22)4/h11-13H,5-10,27H2,1-4H3,(H,42,43)(H,44,45)/b32-30+,33-31+. The van der Waals surface area contributed by atoms with Crippen molar-refractivity contribution in [1.82, 2.24) is 49.3 Å². The van der Waals surface area contributed by atoms with Gasteiger partial charge >= 0.3 is 11.9 Å². The van der Waals surface area contributed by atoms with Crippen LogP contribution in [0.1, 0.15) is 71.6 Å². The summed E-state index contributed by atoms with van der Waals surface area (Å²) in [4.78, 5) is 23.2. The topological polar surface area (TPSA) is 247 Å². The molecule has 240 valence electrons. The van der Waals surface area contributed by atoms with Gasteiger partial charge in [0.1, 0.15) is 16.8 Å². The number of nitrogens with zero attached hydrogens (tertiary/aromatic N) is 14. The van der Waals surface area contributed by atoms with Gasteiger partial charge in [0.15, 0.2) is 23.1 Å². The van der Waals surface area contributed by atoms with Crippen molar-refractivity contribution in [1.29, 1.82) is 0 Å². The van der Waals surface area contributed by atoms with Crippen molar-refractivity contribution in [3.63, 3.8) is 0 Å². The second-order valence-electron chi connectivity index (χ2n) is 10.1. The number of nitrogens with two attached hydrogens (primary N) is 1. The summed E-state index contributed by atoms with van der Waals surface area (Å²) in [5.41, 5.74) is 8.29. The Hall–Kier alpha value is -5.66. The molecular weight excluding hydrogens is 618 g/mol. The Labute approximate surface area is 265 Å². The fourth-order valence-electron chi connectivity index (χ4n) is 4.33. The first kappa shape index (κ1) is 31.8. The van der Waals surface area contributed by atoms with Crippen LogP contribution in [0.25, 0.3) is 10.3 Å². The summed E-state index contributed by atoms with van der Waals surface area (Å²) in [6.07, 6.45) is 8.71. The summed E-state index contributed by atoms with van der Waals surface area (Å²) in [6, 6.07) is 0. The second kappa shape index (κ2) is 13.5. The molecule has 0 aliphatic rings. The molecule has 0 fully saturated rings. The van der Waals surface area contributed by atoms with Gasteiger partial charge in [-0.3, -0.25) is 0 Å². The van der Waals surface area contributed by atoms with Crippen molar-refractivity contribution in [3.05, 3.63) is 41.1 Å². The lowest BCUT2D eigenvalue weighted by molar-refractivity contribution is 0.0686. The van der Waals surface area contributed by atoms with Crippen molar-refractivity contribution in [2.45, 2.75) is 52.4 Å². The maximum absolute atomic E-state index is 11.6.